The Balaban J connectivity index is 2.43. The van der Waals surface area contributed by atoms with Gasteiger partial charge in [-0.3, -0.25) is 0 Å². The Hall–Kier alpha value is -1.62. The molecule has 4 heteroatoms. The van der Waals surface area contributed by atoms with Crippen LogP contribution < -0.4 is 4.74 Å². The molecule has 102 valence electrons. The average molecular weight is 262 g/mol. The highest BCUT2D eigenvalue weighted by atomic mass is 16.5. The third-order valence-electron chi connectivity index (χ3n) is 2.99. The second kappa shape index (κ2) is 6.02. The first-order chi connectivity index (χ1) is 9.13. The lowest BCUT2D eigenvalue weighted by Gasteiger charge is -2.17. The lowest BCUT2D eigenvalue weighted by atomic mass is 10.0. The predicted octanol–water partition coefficient (Wildman–Crippen LogP) is 1.63. The molecule has 2 aromatic carbocycles. The molecule has 2 rings (SSSR count). The van der Waals surface area contributed by atoms with E-state index < -0.39 is 12.2 Å². The van der Waals surface area contributed by atoms with E-state index in [4.69, 9.17) is 9.84 Å². The molecule has 2 aromatic rings. The van der Waals surface area contributed by atoms with Crippen molar-refractivity contribution in [3.8, 4) is 5.75 Å². The summed E-state index contributed by atoms with van der Waals surface area (Å²) < 4.78 is 5.59. The van der Waals surface area contributed by atoms with Crippen LogP contribution in [0.4, 0.5) is 0 Å². The van der Waals surface area contributed by atoms with Gasteiger partial charge in [-0.25, -0.2) is 0 Å². The fraction of sp³-hybridized carbons (Fsp3) is 0.333. The highest BCUT2D eigenvalue weighted by molar-refractivity contribution is 5.89. The Morgan fingerprint density at radius 3 is 2.53 bits per heavy atom. The zero-order chi connectivity index (χ0) is 13.8. The van der Waals surface area contributed by atoms with E-state index in [0.717, 1.165) is 10.8 Å². The van der Waals surface area contributed by atoms with E-state index in [-0.39, 0.29) is 13.2 Å². The molecule has 0 heterocycles. The van der Waals surface area contributed by atoms with Crippen molar-refractivity contribution < 1.29 is 20.1 Å². The molecule has 0 amide bonds. The van der Waals surface area contributed by atoms with Gasteiger partial charge >= 0.3 is 0 Å². The number of benzene rings is 2. The molecule has 4 nitrogen and oxygen atoms in total. The molecule has 0 aliphatic heterocycles. The fourth-order valence-electron chi connectivity index (χ4n) is 1.98. The molecule has 0 aliphatic carbocycles. The van der Waals surface area contributed by atoms with Crippen LogP contribution >= 0.6 is 0 Å². The minimum absolute atomic E-state index is 0.00969. The van der Waals surface area contributed by atoms with Crippen LogP contribution in [-0.2, 0) is 0 Å². The van der Waals surface area contributed by atoms with Gasteiger partial charge in [0, 0.05) is 10.9 Å². The molecule has 19 heavy (non-hydrogen) atoms. The van der Waals surface area contributed by atoms with Gasteiger partial charge in [-0.1, -0.05) is 36.4 Å². The number of aliphatic hydroxyl groups excluding tert-OH is 3. The number of ether oxygens (including phenoxy) is 1. The Bertz CT molecular complexity index is 551. The molecular weight excluding hydrogens is 244 g/mol. The van der Waals surface area contributed by atoms with Crippen LogP contribution in [0, 0.1) is 0 Å². The molecule has 0 aliphatic rings. The van der Waals surface area contributed by atoms with E-state index in [2.05, 4.69) is 0 Å². The number of hydrogen-bond acceptors (Lipinski definition) is 4. The fourth-order valence-corrected chi connectivity index (χ4v) is 1.98. The van der Waals surface area contributed by atoms with Crippen LogP contribution in [0.5, 0.6) is 5.75 Å². The maximum atomic E-state index is 9.79. The Kier molecular flexibility index (Phi) is 4.37. The lowest BCUT2D eigenvalue weighted by Crippen LogP contribution is -2.21. The predicted molar refractivity (Wildman–Crippen MR) is 73.2 cm³/mol. The van der Waals surface area contributed by atoms with E-state index >= 15 is 0 Å². The molecule has 0 radical (unpaired) electrons. The standard InChI is InChI=1S/C15H18O4/c1-10(17)13-7-6-11-4-2-3-5-14(11)15(13)19-9-12(18)8-16/h2-7,10,12,16-18H,8-9H2,1H3/t10-,12?/m0/s1. The van der Waals surface area contributed by atoms with Gasteiger partial charge in [0.2, 0.25) is 0 Å². The molecule has 0 aromatic heterocycles. The maximum absolute atomic E-state index is 9.79. The summed E-state index contributed by atoms with van der Waals surface area (Å²) in [4.78, 5) is 0. The number of rotatable bonds is 5. The normalized spacial score (nSPS) is 14.3. The van der Waals surface area contributed by atoms with Crippen LogP contribution in [0.15, 0.2) is 36.4 Å². The van der Waals surface area contributed by atoms with Crippen LogP contribution in [0.2, 0.25) is 0 Å². The SMILES string of the molecule is C[C@H](O)c1ccc2ccccc2c1OCC(O)CO. The minimum atomic E-state index is -0.930. The summed E-state index contributed by atoms with van der Waals surface area (Å²) in [5, 5.41) is 29.9. The number of fused-ring (bicyclic) bond motifs is 1. The van der Waals surface area contributed by atoms with Gasteiger partial charge in [-0.2, -0.15) is 0 Å². The first kappa shape index (κ1) is 13.8. The highest BCUT2D eigenvalue weighted by Gasteiger charge is 2.14. The monoisotopic (exact) mass is 262 g/mol. The third kappa shape index (κ3) is 3.04. The van der Waals surface area contributed by atoms with E-state index in [1.165, 1.54) is 0 Å². The topological polar surface area (TPSA) is 69.9 Å². The van der Waals surface area contributed by atoms with E-state index in [1.54, 1.807) is 6.92 Å². The van der Waals surface area contributed by atoms with Gasteiger partial charge in [0.1, 0.15) is 18.5 Å². The molecule has 2 atom stereocenters. The van der Waals surface area contributed by atoms with Gasteiger partial charge in [0.15, 0.2) is 0 Å². The van der Waals surface area contributed by atoms with Crippen molar-refractivity contribution in [3.63, 3.8) is 0 Å². The van der Waals surface area contributed by atoms with Gasteiger partial charge in [-0.15, -0.1) is 0 Å². The lowest BCUT2D eigenvalue weighted by molar-refractivity contribution is 0.0528. The van der Waals surface area contributed by atoms with Crippen molar-refractivity contribution >= 4 is 10.8 Å². The Morgan fingerprint density at radius 2 is 1.84 bits per heavy atom. The van der Waals surface area contributed by atoms with Crippen LogP contribution in [0.25, 0.3) is 10.8 Å². The van der Waals surface area contributed by atoms with E-state index in [1.807, 2.05) is 36.4 Å². The smallest absolute Gasteiger partial charge is 0.133 e. The molecule has 0 spiro atoms. The summed E-state index contributed by atoms with van der Waals surface area (Å²) in [6.07, 6.45) is -1.59. The van der Waals surface area contributed by atoms with Crippen molar-refractivity contribution in [3.05, 3.63) is 42.0 Å². The highest BCUT2D eigenvalue weighted by Crippen LogP contribution is 2.33. The van der Waals surface area contributed by atoms with Crippen LogP contribution in [0.1, 0.15) is 18.6 Å². The number of aliphatic hydroxyl groups is 3. The van der Waals surface area contributed by atoms with Crippen molar-refractivity contribution in [1.29, 1.82) is 0 Å². The van der Waals surface area contributed by atoms with Crippen molar-refractivity contribution in [2.24, 2.45) is 0 Å². The van der Waals surface area contributed by atoms with Crippen LogP contribution in [0.3, 0.4) is 0 Å². The molecule has 0 saturated heterocycles. The number of hydrogen-bond donors (Lipinski definition) is 3. The molecule has 0 fully saturated rings. The second-order valence-electron chi connectivity index (χ2n) is 4.53. The average Bonchev–Trinajstić information content (AvgIpc) is 2.43. The molecule has 0 bridgehead atoms. The zero-order valence-corrected chi connectivity index (χ0v) is 10.8. The second-order valence-corrected chi connectivity index (χ2v) is 4.53. The van der Waals surface area contributed by atoms with Crippen molar-refractivity contribution in [2.45, 2.75) is 19.1 Å². The van der Waals surface area contributed by atoms with Gasteiger partial charge in [0.25, 0.3) is 0 Å². The largest absolute Gasteiger partial charge is 0.490 e. The van der Waals surface area contributed by atoms with E-state index in [9.17, 15) is 10.2 Å². The summed E-state index contributed by atoms with van der Waals surface area (Å²) in [6.45, 7) is 1.30. The minimum Gasteiger partial charge on any atom is -0.490 e. The van der Waals surface area contributed by atoms with E-state index in [0.29, 0.717) is 11.3 Å². The summed E-state index contributed by atoms with van der Waals surface area (Å²) >= 11 is 0. The molecule has 1 unspecified atom stereocenters. The summed E-state index contributed by atoms with van der Waals surface area (Å²) in [7, 11) is 0. The van der Waals surface area contributed by atoms with Gasteiger partial charge in [-0.05, 0) is 12.3 Å². The summed E-state index contributed by atoms with van der Waals surface area (Å²) in [5.74, 6) is 0.556. The first-order valence-corrected chi connectivity index (χ1v) is 6.25. The zero-order valence-electron chi connectivity index (χ0n) is 10.8. The quantitative estimate of drug-likeness (QED) is 0.766. The van der Waals surface area contributed by atoms with Gasteiger partial charge in [0.05, 0.1) is 12.7 Å². The van der Waals surface area contributed by atoms with Crippen LogP contribution in [-0.4, -0.2) is 34.6 Å². The van der Waals surface area contributed by atoms with Crippen molar-refractivity contribution in [1.82, 2.24) is 0 Å². The van der Waals surface area contributed by atoms with Crippen molar-refractivity contribution in [2.75, 3.05) is 13.2 Å². The Morgan fingerprint density at radius 1 is 1.11 bits per heavy atom. The maximum Gasteiger partial charge on any atom is 0.133 e. The summed E-state index contributed by atoms with van der Waals surface area (Å²) in [6, 6.07) is 11.4. The molecular formula is C15H18O4. The summed E-state index contributed by atoms with van der Waals surface area (Å²) in [5.41, 5.74) is 0.670. The molecule has 3 N–H and O–H groups in total. The third-order valence-corrected chi connectivity index (χ3v) is 2.99. The first-order valence-electron chi connectivity index (χ1n) is 6.25. The molecule has 0 saturated carbocycles. The van der Waals surface area contributed by atoms with Gasteiger partial charge < -0.3 is 20.1 Å². The Labute approximate surface area is 111 Å².